The first-order chi connectivity index (χ1) is 12.4. The zero-order valence-electron chi connectivity index (χ0n) is 16.1. The number of nitrogens with zero attached hydrogens (tertiary/aromatic N) is 2. The second-order valence-electron chi connectivity index (χ2n) is 6.53. The van der Waals surface area contributed by atoms with Crippen molar-refractivity contribution in [2.45, 2.75) is 50.9 Å². The maximum atomic E-state index is 11.0. The molecule has 0 saturated carbocycles. The molecule has 1 atom stereocenters. The van der Waals surface area contributed by atoms with Crippen molar-refractivity contribution in [3.05, 3.63) is 46.0 Å². The fraction of sp³-hybridized carbons (Fsp3) is 0.667. The first-order valence-corrected chi connectivity index (χ1v) is 10.2. The smallest absolute Gasteiger partial charge is 0.257 e. The Kier molecular flexibility index (Phi) is 11.3. The number of unbranched alkanes of at least 4 members (excludes halogenated alkanes) is 2. The van der Waals surface area contributed by atoms with Gasteiger partial charge in [-0.05, 0) is 39.2 Å². The van der Waals surface area contributed by atoms with Crippen LogP contribution >= 0.6 is 11.8 Å². The lowest BCUT2D eigenvalue weighted by molar-refractivity contribution is -0.430. The van der Waals surface area contributed by atoms with Gasteiger partial charge in [-0.2, -0.15) is 11.8 Å². The Bertz CT molecular complexity index is 548. The lowest BCUT2D eigenvalue weighted by Gasteiger charge is -2.16. The molecule has 0 aromatic carbocycles. The predicted octanol–water partition coefficient (Wildman–Crippen LogP) is 3.41. The molecule has 0 aliphatic carbocycles. The molecule has 0 aliphatic heterocycles. The molecule has 1 rings (SSSR count). The third kappa shape index (κ3) is 9.38. The molecule has 1 heterocycles. The Hall–Kier alpha value is -1.35. The highest BCUT2D eigenvalue weighted by Gasteiger charge is 2.21. The summed E-state index contributed by atoms with van der Waals surface area (Å²) in [4.78, 5) is 12.6. The van der Waals surface area contributed by atoms with Crippen LogP contribution in [0.4, 0.5) is 0 Å². The molecule has 8 heteroatoms. The molecule has 1 aromatic heterocycles. The van der Waals surface area contributed by atoms with Crippen molar-refractivity contribution in [1.82, 2.24) is 15.8 Å². The number of nitro groups is 1. The van der Waals surface area contributed by atoms with Gasteiger partial charge in [-0.1, -0.05) is 26.2 Å². The molecule has 26 heavy (non-hydrogen) atoms. The van der Waals surface area contributed by atoms with Gasteiger partial charge in [0.15, 0.2) is 0 Å². The van der Waals surface area contributed by atoms with Crippen molar-refractivity contribution >= 4 is 11.8 Å². The number of thioether (sulfide) groups is 1. The summed E-state index contributed by atoms with van der Waals surface area (Å²) in [5.41, 5.74) is 6.16. The van der Waals surface area contributed by atoms with E-state index >= 15 is 0 Å². The van der Waals surface area contributed by atoms with E-state index in [2.05, 4.69) is 29.3 Å². The van der Waals surface area contributed by atoms with Crippen LogP contribution in [0.2, 0.25) is 0 Å². The first kappa shape index (κ1) is 22.7. The molecule has 0 radical (unpaired) electrons. The average molecular weight is 385 g/mol. The van der Waals surface area contributed by atoms with Crippen molar-refractivity contribution < 1.29 is 9.34 Å². The monoisotopic (exact) mass is 384 g/mol. The molecule has 0 fully saturated rings. The number of rotatable bonds is 15. The van der Waals surface area contributed by atoms with Gasteiger partial charge in [-0.3, -0.25) is 15.5 Å². The number of hydrogen-bond acceptors (Lipinski definition) is 7. The molecule has 0 saturated heterocycles. The summed E-state index contributed by atoms with van der Waals surface area (Å²) in [6, 6.07) is 3.70. The molecule has 0 aliphatic rings. The molecule has 148 valence electrons. The van der Waals surface area contributed by atoms with Crippen LogP contribution in [-0.2, 0) is 12.3 Å². The number of furan rings is 1. The lowest BCUT2D eigenvalue weighted by Crippen LogP contribution is -2.44. The Morgan fingerprint density at radius 2 is 2.12 bits per heavy atom. The van der Waals surface area contributed by atoms with Crippen LogP contribution in [0.3, 0.4) is 0 Å². The van der Waals surface area contributed by atoms with Gasteiger partial charge in [0.25, 0.3) is 5.70 Å². The summed E-state index contributed by atoms with van der Waals surface area (Å²) < 4.78 is 5.77. The van der Waals surface area contributed by atoms with E-state index in [1.54, 1.807) is 11.8 Å². The minimum absolute atomic E-state index is 0.0188. The summed E-state index contributed by atoms with van der Waals surface area (Å²) in [5.74, 6) is 3.64. The highest BCUT2D eigenvalue weighted by Crippen LogP contribution is 2.16. The van der Waals surface area contributed by atoms with Gasteiger partial charge >= 0.3 is 0 Å². The van der Waals surface area contributed by atoms with E-state index in [4.69, 9.17) is 4.42 Å². The third-order valence-corrected chi connectivity index (χ3v) is 4.80. The molecule has 1 aromatic rings. The number of nitrogens with one attached hydrogen (secondary N) is 2. The van der Waals surface area contributed by atoms with Gasteiger partial charge in [0, 0.05) is 12.3 Å². The maximum Gasteiger partial charge on any atom is 0.257 e. The van der Waals surface area contributed by atoms with Gasteiger partial charge in [0.1, 0.15) is 17.6 Å². The Morgan fingerprint density at radius 1 is 1.38 bits per heavy atom. The quantitative estimate of drug-likeness (QED) is 0.272. The fourth-order valence-electron chi connectivity index (χ4n) is 2.44. The Morgan fingerprint density at radius 3 is 2.77 bits per heavy atom. The molecule has 0 amide bonds. The lowest BCUT2D eigenvalue weighted by atomic mass is 10.1. The molecular formula is C18H32N4O3S. The number of hydrazine groups is 1. The Balaban J connectivity index is 2.23. The van der Waals surface area contributed by atoms with E-state index in [9.17, 15) is 10.1 Å². The highest BCUT2D eigenvalue weighted by atomic mass is 32.2. The van der Waals surface area contributed by atoms with Gasteiger partial charge in [-0.25, -0.2) is 5.43 Å². The standard InChI is InChI=1S/C18H32N4O3S/c1-5-6-7-8-18(15(2)22(23)24)20-19-11-12-26-14-17-10-9-16(25-17)13-21(3)4/h9-10,18-20H,2,5-8,11-14H2,1,3-4H3. The van der Waals surface area contributed by atoms with Crippen LogP contribution in [0.1, 0.15) is 44.1 Å². The molecule has 2 N–H and O–H groups in total. The van der Waals surface area contributed by atoms with E-state index in [-0.39, 0.29) is 11.7 Å². The molecule has 0 bridgehead atoms. The van der Waals surface area contributed by atoms with Crippen LogP contribution in [0.25, 0.3) is 0 Å². The second kappa shape index (κ2) is 12.9. The Labute approximate surface area is 160 Å². The minimum Gasteiger partial charge on any atom is -0.464 e. The summed E-state index contributed by atoms with van der Waals surface area (Å²) in [6.07, 6.45) is 3.82. The van der Waals surface area contributed by atoms with Crippen molar-refractivity contribution in [2.75, 3.05) is 26.4 Å². The summed E-state index contributed by atoms with van der Waals surface area (Å²) in [5, 5.41) is 11.0. The normalized spacial score (nSPS) is 12.5. The van der Waals surface area contributed by atoms with Gasteiger partial charge in [0.05, 0.1) is 17.2 Å². The molecular weight excluding hydrogens is 352 g/mol. The predicted molar refractivity (Wildman–Crippen MR) is 107 cm³/mol. The molecule has 1 unspecified atom stereocenters. The second-order valence-corrected chi connectivity index (χ2v) is 7.63. The SMILES string of the molecule is C=C(C(CCCCC)NNCCSCc1ccc(CN(C)C)o1)[N+](=O)[O-]. The molecule has 0 spiro atoms. The van der Waals surface area contributed by atoms with E-state index in [0.29, 0.717) is 6.54 Å². The largest absolute Gasteiger partial charge is 0.464 e. The van der Waals surface area contributed by atoms with E-state index in [1.807, 2.05) is 26.2 Å². The van der Waals surface area contributed by atoms with Crippen LogP contribution < -0.4 is 10.9 Å². The zero-order chi connectivity index (χ0) is 19.4. The van der Waals surface area contributed by atoms with Crippen molar-refractivity contribution in [2.24, 2.45) is 0 Å². The topological polar surface area (TPSA) is 83.6 Å². The van der Waals surface area contributed by atoms with E-state index < -0.39 is 4.92 Å². The fourth-order valence-corrected chi connectivity index (χ4v) is 3.18. The van der Waals surface area contributed by atoms with Gasteiger partial charge < -0.3 is 9.32 Å². The van der Waals surface area contributed by atoms with Crippen LogP contribution in [0, 0.1) is 10.1 Å². The van der Waals surface area contributed by atoms with Crippen LogP contribution in [0.5, 0.6) is 0 Å². The summed E-state index contributed by atoms with van der Waals surface area (Å²) >= 11 is 1.76. The van der Waals surface area contributed by atoms with E-state index in [0.717, 1.165) is 55.3 Å². The molecule has 7 nitrogen and oxygen atoms in total. The van der Waals surface area contributed by atoms with Crippen LogP contribution in [-0.4, -0.2) is 42.3 Å². The summed E-state index contributed by atoms with van der Waals surface area (Å²) in [6.45, 7) is 7.22. The minimum atomic E-state index is -0.401. The van der Waals surface area contributed by atoms with Crippen LogP contribution in [0.15, 0.2) is 28.8 Å². The third-order valence-electron chi connectivity index (χ3n) is 3.81. The van der Waals surface area contributed by atoms with Crippen molar-refractivity contribution in [3.63, 3.8) is 0 Å². The maximum absolute atomic E-state index is 11.0. The van der Waals surface area contributed by atoms with Gasteiger partial charge in [0.2, 0.25) is 0 Å². The average Bonchev–Trinajstić information content (AvgIpc) is 3.02. The van der Waals surface area contributed by atoms with Gasteiger partial charge in [-0.15, -0.1) is 0 Å². The highest BCUT2D eigenvalue weighted by molar-refractivity contribution is 7.98. The first-order valence-electron chi connectivity index (χ1n) is 9.05. The summed E-state index contributed by atoms with van der Waals surface area (Å²) in [7, 11) is 4.03. The van der Waals surface area contributed by atoms with E-state index in [1.165, 1.54) is 0 Å². The number of hydrogen-bond donors (Lipinski definition) is 2. The van der Waals surface area contributed by atoms with Crippen molar-refractivity contribution in [1.29, 1.82) is 0 Å². The zero-order valence-corrected chi connectivity index (χ0v) is 16.9. The van der Waals surface area contributed by atoms with Crippen molar-refractivity contribution in [3.8, 4) is 0 Å².